The van der Waals surface area contributed by atoms with Gasteiger partial charge in [-0.25, -0.2) is 0 Å². The van der Waals surface area contributed by atoms with E-state index in [9.17, 15) is 5.11 Å². The van der Waals surface area contributed by atoms with Gasteiger partial charge in [0, 0.05) is 5.92 Å². The highest BCUT2D eigenvalue weighted by Gasteiger charge is 2.19. The molecule has 0 aliphatic carbocycles. The quantitative estimate of drug-likeness (QED) is 0.820. The molecule has 0 spiro atoms. The topological polar surface area (TPSA) is 29.5 Å². The SMILES string of the molecule is CC(C)(O)c1ccc(CC2COC2)cc1. The van der Waals surface area contributed by atoms with Crippen molar-refractivity contribution in [1.29, 1.82) is 0 Å². The third kappa shape index (κ3) is 2.58. The van der Waals surface area contributed by atoms with Gasteiger partial charge in [-0.15, -0.1) is 0 Å². The maximum atomic E-state index is 9.80. The van der Waals surface area contributed by atoms with Crippen molar-refractivity contribution in [1.82, 2.24) is 0 Å². The van der Waals surface area contributed by atoms with Crippen molar-refractivity contribution >= 4 is 0 Å². The molecule has 1 aliphatic heterocycles. The Kier molecular flexibility index (Phi) is 2.81. The molecule has 2 nitrogen and oxygen atoms in total. The first-order valence-electron chi connectivity index (χ1n) is 5.45. The van der Waals surface area contributed by atoms with E-state index in [4.69, 9.17) is 4.74 Å². The summed E-state index contributed by atoms with van der Waals surface area (Å²) in [6, 6.07) is 8.22. The van der Waals surface area contributed by atoms with E-state index in [0.29, 0.717) is 5.92 Å². The fourth-order valence-corrected chi connectivity index (χ4v) is 1.78. The maximum absolute atomic E-state index is 9.80. The van der Waals surface area contributed by atoms with Gasteiger partial charge in [-0.2, -0.15) is 0 Å². The maximum Gasteiger partial charge on any atom is 0.0840 e. The van der Waals surface area contributed by atoms with Gasteiger partial charge in [-0.05, 0) is 31.4 Å². The number of benzene rings is 1. The minimum absolute atomic E-state index is 0.693. The lowest BCUT2D eigenvalue weighted by Gasteiger charge is -2.26. The van der Waals surface area contributed by atoms with Gasteiger partial charge in [-0.1, -0.05) is 24.3 Å². The van der Waals surface area contributed by atoms with Gasteiger partial charge in [-0.3, -0.25) is 0 Å². The van der Waals surface area contributed by atoms with E-state index < -0.39 is 5.60 Å². The Bertz CT molecular complexity index is 317. The standard InChI is InChI=1S/C13H18O2/c1-13(2,14)12-5-3-10(4-6-12)7-11-8-15-9-11/h3-6,11,14H,7-9H2,1-2H3. The van der Waals surface area contributed by atoms with E-state index in [-0.39, 0.29) is 0 Å². The van der Waals surface area contributed by atoms with Crippen LogP contribution in [0, 0.1) is 5.92 Å². The van der Waals surface area contributed by atoms with Crippen molar-refractivity contribution in [2.75, 3.05) is 13.2 Å². The third-order valence-electron chi connectivity index (χ3n) is 2.89. The number of rotatable bonds is 3. The second-order valence-corrected chi connectivity index (χ2v) is 4.86. The van der Waals surface area contributed by atoms with Crippen LogP contribution in [0.2, 0.25) is 0 Å². The van der Waals surface area contributed by atoms with Crippen molar-refractivity contribution in [3.05, 3.63) is 35.4 Å². The summed E-state index contributed by atoms with van der Waals surface area (Å²) < 4.78 is 5.15. The van der Waals surface area contributed by atoms with Gasteiger partial charge >= 0.3 is 0 Å². The normalized spacial score (nSPS) is 17.5. The van der Waals surface area contributed by atoms with Gasteiger partial charge in [0.25, 0.3) is 0 Å². The van der Waals surface area contributed by atoms with Crippen molar-refractivity contribution in [3.8, 4) is 0 Å². The molecule has 1 N–H and O–H groups in total. The van der Waals surface area contributed by atoms with Gasteiger partial charge in [0.2, 0.25) is 0 Å². The zero-order chi connectivity index (χ0) is 10.9. The summed E-state index contributed by atoms with van der Waals surface area (Å²) in [5, 5.41) is 9.80. The number of hydrogen-bond acceptors (Lipinski definition) is 2. The van der Waals surface area contributed by atoms with Crippen molar-refractivity contribution in [2.24, 2.45) is 5.92 Å². The van der Waals surface area contributed by atoms with Gasteiger partial charge < -0.3 is 9.84 Å². The van der Waals surface area contributed by atoms with Crippen LogP contribution in [0.15, 0.2) is 24.3 Å². The molecule has 1 aromatic rings. The average molecular weight is 206 g/mol. The molecule has 0 unspecified atom stereocenters. The van der Waals surface area contributed by atoms with Crippen LogP contribution in [0.1, 0.15) is 25.0 Å². The second-order valence-electron chi connectivity index (χ2n) is 4.86. The Morgan fingerprint density at radius 1 is 1.27 bits per heavy atom. The van der Waals surface area contributed by atoms with Crippen molar-refractivity contribution in [2.45, 2.75) is 25.9 Å². The molecule has 1 aliphatic rings. The molecule has 0 radical (unpaired) electrons. The lowest BCUT2D eigenvalue weighted by molar-refractivity contribution is -0.0312. The fourth-order valence-electron chi connectivity index (χ4n) is 1.78. The van der Waals surface area contributed by atoms with Gasteiger partial charge in [0.05, 0.1) is 18.8 Å². The summed E-state index contributed by atoms with van der Waals surface area (Å²) in [5.74, 6) is 0.693. The first-order chi connectivity index (χ1) is 7.05. The molecule has 0 aromatic heterocycles. The Balaban J connectivity index is 2.03. The molecule has 15 heavy (non-hydrogen) atoms. The molecule has 1 heterocycles. The molecule has 0 saturated carbocycles. The second kappa shape index (κ2) is 3.95. The Morgan fingerprint density at radius 2 is 1.87 bits per heavy atom. The predicted octanol–water partition coefficient (Wildman–Crippen LogP) is 2.10. The summed E-state index contributed by atoms with van der Waals surface area (Å²) in [4.78, 5) is 0. The molecule has 0 amide bonds. The van der Waals surface area contributed by atoms with Crippen molar-refractivity contribution < 1.29 is 9.84 Å². The van der Waals surface area contributed by atoms with Crippen LogP contribution in [-0.2, 0) is 16.8 Å². The van der Waals surface area contributed by atoms with Gasteiger partial charge in [0.15, 0.2) is 0 Å². The summed E-state index contributed by atoms with van der Waals surface area (Å²) in [5.41, 5.74) is 1.56. The Labute approximate surface area is 90.9 Å². The number of aliphatic hydroxyl groups is 1. The van der Waals surface area contributed by atoms with E-state index in [1.165, 1.54) is 5.56 Å². The van der Waals surface area contributed by atoms with Crippen LogP contribution in [0.25, 0.3) is 0 Å². The van der Waals surface area contributed by atoms with E-state index in [1.807, 2.05) is 26.0 Å². The highest BCUT2D eigenvalue weighted by atomic mass is 16.5. The largest absolute Gasteiger partial charge is 0.386 e. The summed E-state index contributed by atoms with van der Waals surface area (Å²) >= 11 is 0. The minimum Gasteiger partial charge on any atom is -0.386 e. The Morgan fingerprint density at radius 3 is 2.27 bits per heavy atom. The van der Waals surface area contributed by atoms with Crippen LogP contribution in [0.4, 0.5) is 0 Å². The van der Waals surface area contributed by atoms with E-state index in [2.05, 4.69) is 12.1 Å². The number of hydrogen-bond donors (Lipinski definition) is 1. The first-order valence-corrected chi connectivity index (χ1v) is 5.45. The van der Waals surface area contributed by atoms with Crippen LogP contribution < -0.4 is 0 Å². The molecule has 82 valence electrons. The van der Waals surface area contributed by atoms with Crippen LogP contribution in [0.3, 0.4) is 0 Å². The Hall–Kier alpha value is -0.860. The molecule has 0 bridgehead atoms. The average Bonchev–Trinajstić information content (AvgIpc) is 2.11. The molecule has 2 heteroatoms. The van der Waals surface area contributed by atoms with Crippen LogP contribution >= 0.6 is 0 Å². The summed E-state index contributed by atoms with van der Waals surface area (Å²) in [6.45, 7) is 5.41. The van der Waals surface area contributed by atoms with E-state index in [0.717, 1.165) is 25.2 Å². The molecule has 2 rings (SSSR count). The lowest BCUT2D eigenvalue weighted by atomic mass is 9.93. The van der Waals surface area contributed by atoms with E-state index in [1.54, 1.807) is 0 Å². The molecule has 1 fully saturated rings. The lowest BCUT2D eigenvalue weighted by Crippen LogP contribution is -2.29. The zero-order valence-electron chi connectivity index (χ0n) is 9.36. The zero-order valence-corrected chi connectivity index (χ0v) is 9.36. The van der Waals surface area contributed by atoms with Crippen LogP contribution in [-0.4, -0.2) is 18.3 Å². The van der Waals surface area contributed by atoms with Gasteiger partial charge in [0.1, 0.15) is 0 Å². The monoisotopic (exact) mass is 206 g/mol. The highest BCUT2D eigenvalue weighted by Crippen LogP contribution is 2.22. The smallest absolute Gasteiger partial charge is 0.0840 e. The van der Waals surface area contributed by atoms with Crippen LogP contribution in [0.5, 0.6) is 0 Å². The summed E-state index contributed by atoms with van der Waals surface area (Å²) in [6.07, 6.45) is 1.09. The molecular formula is C13H18O2. The van der Waals surface area contributed by atoms with Crippen molar-refractivity contribution in [3.63, 3.8) is 0 Å². The fraction of sp³-hybridized carbons (Fsp3) is 0.538. The minimum atomic E-state index is -0.738. The molecule has 0 atom stereocenters. The predicted molar refractivity (Wildman–Crippen MR) is 59.7 cm³/mol. The molecular weight excluding hydrogens is 188 g/mol. The van der Waals surface area contributed by atoms with E-state index >= 15 is 0 Å². The highest BCUT2D eigenvalue weighted by molar-refractivity contribution is 5.26. The third-order valence-corrected chi connectivity index (χ3v) is 2.89. The molecule has 1 aromatic carbocycles. The molecule has 1 saturated heterocycles. The number of ether oxygens (including phenoxy) is 1. The first kappa shape index (κ1) is 10.7. The summed E-state index contributed by atoms with van der Waals surface area (Å²) in [7, 11) is 0.